The van der Waals surface area contributed by atoms with Gasteiger partial charge in [0, 0.05) is 24.4 Å². The molecule has 12 heteroatoms. The Bertz CT molecular complexity index is 1420. The van der Waals surface area contributed by atoms with Crippen LogP contribution in [0.25, 0.3) is 0 Å². The fraction of sp³-hybridized carbons (Fsp3) is 0.735. The number of nitrogens with zero attached hydrogens (tertiary/aromatic N) is 1. The van der Waals surface area contributed by atoms with Crippen molar-refractivity contribution in [3.05, 3.63) is 34.4 Å². The van der Waals surface area contributed by atoms with Crippen LogP contribution in [0, 0.1) is 28.6 Å². The number of aliphatic imine (C=N–C) groups is 1. The summed E-state index contributed by atoms with van der Waals surface area (Å²) in [6.45, 7) is 5.11. The quantitative estimate of drug-likeness (QED) is 0.0915. The highest BCUT2D eigenvalue weighted by Gasteiger charge is 2.80. The molecule has 1 aromatic rings. The lowest BCUT2D eigenvalue weighted by atomic mass is 9.44. The van der Waals surface area contributed by atoms with Crippen molar-refractivity contribution in [2.24, 2.45) is 45.0 Å². The highest BCUT2D eigenvalue weighted by Crippen LogP contribution is 2.78. The van der Waals surface area contributed by atoms with Crippen LogP contribution in [0.4, 0.5) is 0 Å². The van der Waals surface area contributed by atoms with Crippen LogP contribution >= 0.6 is 0 Å². The Labute approximate surface area is 269 Å². The molecule has 0 bridgehead atoms. The van der Waals surface area contributed by atoms with Crippen molar-refractivity contribution >= 4 is 23.8 Å². The number of hydrogen-bond donors (Lipinski definition) is 4. The van der Waals surface area contributed by atoms with Gasteiger partial charge < -0.3 is 35.8 Å². The molecule has 1 amide bonds. The number of guanidine groups is 1. The van der Waals surface area contributed by atoms with E-state index in [1.165, 1.54) is 6.07 Å². The van der Waals surface area contributed by atoms with Gasteiger partial charge in [0.15, 0.2) is 5.96 Å². The Hall–Kier alpha value is -3.41. The van der Waals surface area contributed by atoms with Crippen LogP contribution in [0.3, 0.4) is 0 Å². The lowest BCUT2D eigenvalue weighted by Crippen LogP contribution is -2.58. The number of nitrogens with one attached hydrogen (secondary N) is 1. The number of carboxylic acid groups (broad SMARTS) is 1. The van der Waals surface area contributed by atoms with Crippen LogP contribution in [0.1, 0.15) is 102 Å². The van der Waals surface area contributed by atoms with Gasteiger partial charge in [-0.3, -0.25) is 14.6 Å². The van der Waals surface area contributed by atoms with Gasteiger partial charge in [0.05, 0.1) is 18.8 Å². The zero-order valence-electron chi connectivity index (χ0n) is 26.9. The summed E-state index contributed by atoms with van der Waals surface area (Å²) in [5.41, 5.74) is 11.4. The SMILES string of the molecule is C[C@]12CC[C@H](OC(=O)CCC(=O)N[C@@H](CCCN=C(N)N)C(=O)O)C[C@H]1CC[C@@H]1[C@@H]2CC[C@]2(C)[C@H](c3ccc(=O)oc3)C[C@H]3O[C@]132. The van der Waals surface area contributed by atoms with Crippen LogP contribution in [-0.2, 0) is 23.9 Å². The van der Waals surface area contributed by atoms with Crippen molar-refractivity contribution in [1.82, 2.24) is 5.32 Å². The topological polar surface area (TPSA) is 200 Å². The minimum atomic E-state index is -1.15. The molecule has 2 heterocycles. The van der Waals surface area contributed by atoms with E-state index in [9.17, 15) is 24.3 Å². The molecule has 46 heavy (non-hydrogen) atoms. The second-order valence-corrected chi connectivity index (χ2v) is 14.8. The average molecular weight is 641 g/mol. The van der Waals surface area contributed by atoms with E-state index in [1.54, 1.807) is 6.26 Å². The molecule has 252 valence electrons. The molecule has 0 radical (unpaired) electrons. The first-order valence-corrected chi connectivity index (χ1v) is 16.9. The summed E-state index contributed by atoms with van der Waals surface area (Å²) >= 11 is 0. The highest BCUT2D eigenvalue weighted by molar-refractivity contribution is 5.85. The minimum Gasteiger partial charge on any atom is -0.480 e. The van der Waals surface area contributed by atoms with Gasteiger partial charge in [-0.1, -0.05) is 13.8 Å². The van der Waals surface area contributed by atoms with Gasteiger partial charge in [0.2, 0.25) is 5.91 Å². The Kier molecular flexibility index (Phi) is 8.71. The minimum absolute atomic E-state index is 0.0129. The van der Waals surface area contributed by atoms with E-state index in [4.69, 9.17) is 25.4 Å². The molecule has 0 aromatic carbocycles. The molecule has 4 aliphatic carbocycles. The second kappa shape index (κ2) is 12.3. The van der Waals surface area contributed by atoms with Gasteiger partial charge in [-0.2, -0.15) is 0 Å². The maximum atomic E-state index is 12.8. The smallest absolute Gasteiger partial charge is 0.335 e. The molecule has 5 fully saturated rings. The van der Waals surface area contributed by atoms with Crippen molar-refractivity contribution < 1.29 is 33.4 Å². The van der Waals surface area contributed by atoms with Crippen LogP contribution < -0.4 is 22.4 Å². The summed E-state index contributed by atoms with van der Waals surface area (Å²) in [4.78, 5) is 52.2. The lowest BCUT2D eigenvalue weighted by Gasteiger charge is -2.61. The van der Waals surface area contributed by atoms with E-state index in [-0.39, 0.29) is 66.0 Å². The third-order valence-corrected chi connectivity index (χ3v) is 12.6. The van der Waals surface area contributed by atoms with Gasteiger partial charge in [0.1, 0.15) is 17.7 Å². The maximum Gasteiger partial charge on any atom is 0.335 e. The van der Waals surface area contributed by atoms with Crippen LogP contribution in [0.15, 0.2) is 32.6 Å². The third-order valence-electron chi connectivity index (χ3n) is 12.6. The summed E-state index contributed by atoms with van der Waals surface area (Å²) in [6, 6.07) is 2.39. The number of hydrogen-bond acceptors (Lipinski definition) is 8. The molecular formula is C34H48N4O8. The van der Waals surface area contributed by atoms with Gasteiger partial charge >= 0.3 is 17.6 Å². The van der Waals surface area contributed by atoms with Crippen LogP contribution in [0.2, 0.25) is 0 Å². The monoisotopic (exact) mass is 640 g/mol. The number of nitrogens with two attached hydrogens (primary N) is 2. The van der Waals surface area contributed by atoms with Gasteiger partial charge in [-0.15, -0.1) is 0 Å². The molecule has 12 nitrogen and oxygen atoms in total. The lowest BCUT2D eigenvalue weighted by molar-refractivity contribution is -0.165. The fourth-order valence-electron chi connectivity index (χ4n) is 10.3. The molecule has 6 N–H and O–H groups in total. The first-order chi connectivity index (χ1) is 21.9. The molecule has 6 rings (SSSR count). The predicted molar refractivity (Wildman–Crippen MR) is 168 cm³/mol. The van der Waals surface area contributed by atoms with Crippen LogP contribution in [-0.4, -0.2) is 59.3 Å². The average Bonchev–Trinajstić information content (AvgIpc) is 3.67. The maximum absolute atomic E-state index is 12.8. The standard InChI is InChI=1S/C34H48N4O8/c1-32-13-11-21(45-29(41)10-8-27(39)38-25(30(42)43)4-3-15-37-31(35)36)16-20(32)6-7-23-22(32)12-14-33(2)24(17-26-34(23,33)46-26)19-5-9-28(40)44-18-19/h5,9,18,20-26H,3-4,6-8,10-17H2,1-2H3,(H,38,39)(H,42,43)(H4,35,36,37)/t20-,21+,22+,23-,24+,25+,26-,32+,33-,34-/m1/s1. The Morgan fingerprint density at radius 1 is 1.09 bits per heavy atom. The molecule has 5 aliphatic rings. The van der Waals surface area contributed by atoms with Crippen molar-refractivity contribution in [3.8, 4) is 0 Å². The number of ether oxygens (including phenoxy) is 2. The van der Waals surface area contributed by atoms with Gasteiger partial charge in [-0.05, 0) is 105 Å². The van der Waals surface area contributed by atoms with Crippen LogP contribution in [0.5, 0.6) is 0 Å². The van der Waals surface area contributed by atoms with E-state index < -0.39 is 23.9 Å². The molecule has 1 spiro atoms. The molecule has 10 atom stereocenters. The number of epoxide rings is 1. The zero-order valence-corrected chi connectivity index (χ0v) is 26.9. The number of esters is 1. The summed E-state index contributed by atoms with van der Waals surface area (Å²) in [6.07, 6.45) is 10.1. The molecule has 4 saturated carbocycles. The number of carbonyl (C=O) groups is 3. The molecule has 1 aliphatic heterocycles. The Balaban J connectivity index is 1.01. The van der Waals surface area contributed by atoms with E-state index in [0.717, 1.165) is 56.9 Å². The number of carboxylic acids is 1. The molecule has 1 saturated heterocycles. The number of carbonyl (C=O) groups excluding carboxylic acids is 2. The Morgan fingerprint density at radius 2 is 1.89 bits per heavy atom. The first kappa shape index (κ1) is 32.5. The number of fused-ring (bicyclic) bond motifs is 3. The molecular weight excluding hydrogens is 592 g/mol. The van der Waals surface area contributed by atoms with E-state index in [0.29, 0.717) is 30.1 Å². The summed E-state index contributed by atoms with van der Waals surface area (Å²) in [5.74, 6) is -0.315. The molecule has 1 aromatic heterocycles. The van der Waals surface area contributed by atoms with E-state index in [1.807, 2.05) is 6.07 Å². The van der Waals surface area contributed by atoms with E-state index in [2.05, 4.69) is 24.2 Å². The summed E-state index contributed by atoms with van der Waals surface area (Å²) in [5, 5.41) is 11.9. The largest absolute Gasteiger partial charge is 0.480 e. The van der Waals surface area contributed by atoms with Gasteiger partial charge in [-0.25, -0.2) is 9.59 Å². The number of amides is 1. The number of aliphatic carboxylic acids is 1. The van der Waals surface area contributed by atoms with Gasteiger partial charge in [0.25, 0.3) is 0 Å². The number of rotatable bonds is 11. The van der Waals surface area contributed by atoms with Crippen molar-refractivity contribution in [2.45, 2.75) is 121 Å². The summed E-state index contributed by atoms with van der Waals surface area (Å²) < 4.78 is 17.8. The highest BCUT2D eigenvalue weighted by atomic mass is 16.6. The third kappa shape index (κ3) is 5.71. The van der Waals surface area contributed by atoms with E-state index >= 15 is 0 Å². The Morgan fingerprint density at radius 3 is 2.61 bits per heavy atom. The molecule has 0 unspecified atom stereocenters. The normalized spacial score (nSPS) is 37.8. The fourth-order valence-corrected chi connectivity index (χ4v) is 10.3. The summed E-state index contributed by atoms with van der Waals surface area (Å²) in [7, 11) is 0. The van der Waals surface area contributed by atoms with Crippen molar-refractivity contribution in [2.75, 3.05) is 6.54 Å². The first-order valence-electron chi connectivity index (χ1n) is 16.9. The van der Waals surface area contributed by atoms with Crippen molar-refractivity contribution in [1.29, 1.82) is 0 Å². The predicted octanol–water partition coefficient (Wildman–Crippen LogP) is 3.21. The van der Waals surface area contributed by atoms with Crippen molar-refractivity contribution in [3.63, 3.8) is 0 Å². The second-order valence-electron chi connectivity index (χ2n) is 14.8. The zero-order chi connectivity index (χ0) is 32.9.